The number of ether oxygens (including phenoxy) is 2. The van der Waals surface area contributed by atoms with Crippen molar-refractivity contribution < 1.29 is 19.1 Å². The van der Waals surface area contributed by atoms with Crippen molar-refractivity contribution in [2.24, 2.45) is 5.41 Å². The summed E-state index contributed by atoms with van der Waals surface area (Å²) in [6.07, 6.45) is 0.823. The third-order valence-corrected chi connectivity index (χ3v) is 4.79. The Morgan fingerprint density at radius 3 is 2.55 bits per heavy atom. The molecule has 1 N–H and O–H groups in total. The van der Waals surface area contributed by atoms with Gasteiger partial charge in [-0.05, 0) is 69.7 Å². The predicted molar refractivity (Wildman–Crippen MR) is 114 cm³/mol. The number of carbonyl (C=O) groups excluding carboxylic acids is 2. The summed E-state index contributed by atoms with van der Waals surface area (Å²) in [6, 6.07) is 12.4. The monoisotopic (exact) mass is 396 g/mol. The van der Waals surface area contributed by atoms with Crippen molar-refractivity contribution in [3.63, 3.8) is 0 Å². The smallest absolute Gasteiger partial charge is 0.255 e. The quantitative estimate of drug-likeness (QED) is 0.781. The summed E-state index contributed by atoms with van der Waals surface area (Å²) < 4.78 is 11.3. The second-order valence-electron chi connectivity index (χ2n) is 7.72. The molecule has 0 aliphatic carbocycles. The van der Waals surface area contributed by atoms with Crippen LogP contribution in [0.4, 0.5) is 11.4 Å². The Morgan fingerprint density at radius 1 is 1.17 bits per heavy atom. The van der Waals surface area contributed by atoms with Crippen LogP contribution in [0.5, 0.6) is 11.5 Å². The predicted octanol–water partition coefficient (Wildman–Crippen LogP) is 4.50. The highest BCUT2D eigenvalue weighted by molar-refractivity contribution is 6.05. The molecule has 0 spiro atoms. The standard InChI is InChI=1S/C23H28N2O4/c1-5-13-25-19-14-17(9-12-20(19)29-15-23(3,4)22(25)27)24-21(26)16-7-10-18(11-8-16)28-6-2/h7-12,14H,5-6,13,15H2,1-4H3,(H,24,26). The summed E-state index contributed by atoms with van der Waals surface area (Å²) in [6.45, 7) is 9.20. The summed E-state index contributed by atoms with van der Waals surface area (Å²) in [5, 5.41) is 2.91. The van der Waals surface area contributed by atoms with Gasteiger partial charge in [0.25, 0.3) is 5.91 Å². The Bertz CT molecular complexity index is 890. The summed E-state index contributed by atoms with van der Waals surface area (Å²) in [7, 11) is 0. The SMILES string of the molecule is CCCN1C(=O)C(C)(C)COc2ccc(NC(=O)c3ccc(OCC)cc3)cc21. The van der Waals surface area contributed by atoms with E-state index < -0.39 is 5.41 Å². The van der Waals surface area contributed by atoms with E-state index >= 15 is 0 Å². The van der Waals surface area contributed by atoms with Gasteiger partial charge in [-0.3, -0.25) is 9.59 Å². The molecule has 3 rings (SSSR count). The molecule has 0 radical (unpaired) electrons. The molecule has 29 heavy (non-hydrogen) atoms. The second kappa shape index (κ2) is 8.55. The van der Waals surface area contributed by atoms with Crippen molar-refractivity contribution in [3.8, 4) is 11.5 Å². The molecule has 0 atom stereocenters. The molecule has 0 saturated heterocycles. The molecule has 154 valence electrons. The second-order valence-corrected chi connectivity index (χ2v) is 7.72. The third-order valence-electron chi connectivity index (χ3n) is 4.79. The van der Waals surface area contributed by atoms with Gasteiger partial charge in [0.2, 0.25) is 5.91 Å². The van der Waals surface area contributed by atoms with Crippen LogP contribution in [0.1, 0.15) is 44.5 Å². The number of hydrogen-bond donors (Lipinski definition) is 1. The summed E-state index contributed by atoms with van der Waals surface area (Å²) in [5.74, 6) is 1.17. The fourth-order valence-electron chi connectivity index (χ4n) is 3.24. The van der Waals surface area contributed by atoms with Crippen LogP contribution in [0.3, 0.4) is 0 Å². The van der Waals surface area contributed by atoms with E-state index in [1.54, 1.807) is 47.4 Å². The minimum atomic E-state index is -0.611. The Morgan fingerprint density at radius 2 is 1.90 bits per heavy atom. The maximum Gasteiger partial charge on any atom is 0.255 e. The van der Waals surface area contributed by atoms with E-state index in [0.29, 0.717) is 42.4 Å². The fraction of sp³-hybridized carbons (Fsp3) is 0.391. The number of nitrogens with one attached hydrogen (secondary N) is 1. The van der Waals surface area contributed by atoms with E-state index in [1.165, 1.54) is 0 Å². The number of nitrogens with zero attached hydrogens (tertiary/aromatic N) is 1. The van der Waals surface area contributed by atoms with Crippen LogP contribution >= 0.6 is 0 Å². The van der Waals surface area contributed by atoms with Crippen molar-refractivity contribution in [1.82, 2.24) is 0 Å². The van der Waals surface area contributed by atoms with Gasteiger partial charge in [0, 0.05) is 17.8 Å². The minimum absolute atomic E-state index is 0.0214. The third kappa shape index (κ3) is 4.53. The highest BCUT2D eigenvalue weighted by Gasteiger charge is 2.37. The van der Waals surface area contributed by atoms with Crippen molar-refractivity contribution >= 4 is 23.2 Å². The average molecular weight is 396 g/mol. The Hall–Kier alpha value is -3.02. The van der Waals surface area contributed by atoms with Crippen LogP contribution < -0.4 is 19.7 Å². The summed E-state index contributed by atoms with van der Waals surface area (Å²) in [4.78, 5) is 27.4. The van der Waals surface area contributed by atoms with Crippen molar-refractivity contribution in [3.05, 3.63) is 48.0 Å². The van der Waals surface area contributed by atoms with Crippen molar-refractivity contribution in [2.45, 2.75) is 34.1 Å². The van der Waals surface area contributed by atoms with Gasteiger partial charge in [-0.2, -0.15) is 0 Å². The first-order chi connectivity index (χ1) is 13.9. The molecule has 2 aromatic rings. The minimum Gasteiger partial charge on any atom is -0.494 e. The van der Waals surface area contributed by atoms with Crippen LogP contribution in [0, 0.1) is 5.41 Å². The van der Waals surface area contributed by atoms with E-state index in [9.17, 15) is 9.59 Å². The molecule has 1 heterocycles. The average Bonchev–Trinajstić information content (AvgIpc) is 2.79. The number of hydrogen-bond acceptors (Lipinski definition) is 4. The highest BCUT2D eigenvalue weighted by Crippen LogP contribution is 2.38. The fourth-order valence-corrected chi connectivity index (χ4v) is 3.24. The van der Waals surface area contributed by atoms with E-state index in [-0.39, 0.29) is 11.8 Å². The van der Waals surface area contributed by atoms with Gasteiger partial charge in [-0.1, -0.05) is 6.92 Å². The highest BCUT2D eigenvalue weighted by atomic mass is 16.5. The van der Waals surface area contributed by atoms with Crippen LogP contribution in [0.25, 0.3) is 0 Å². The van der Waals surface area contributed by atoms with Gasteiger partial charge in [0.05, 0.1) is 17.7 Å². The molecule has 0 saturated carbocycles. The lowest BCUT2D eigenvalue weighted by Gasteiger charge is -2.27. The van der Waals surface area contributed by atoms with E-state index in [2.05, 4.69) is 5.32 Å². The molecular formula is C23H28N2O4. The normalized spacial score (nSPS) is 15.2. The first-order valence-electron chi connectivity index (χ1n) is 9.98. The number of amides is 2. The number of benzene rings is 2. The molecule has 2 amide bonds. The van der Waals surface area contributed by atoms with E-state index in [4.69, 9.17) is 9.47 Å². The lowest BCUT2D eigenvalue weighted by molar-refractivity contribution is -0.127. The van der Waals surface area contributed by atoms with Gasteiger partial charge in [-0.25, -0.2) is 0 Å². The first kappa shape index (κ1) is 20.7. The zero-order valence-electron chi connectivity index (χ0n) is 17.5. The Balaban J connectivity index is 1.85. The van der Waals surface area contributed by atoms with Crippen molar-refractivity contribution in [1.29, 1.82) is 0 Å². The molecule has 0 bridgehead atoms. The number of anilines is 2. The van der Waals surface area contributed by atoms with E-state index in [0.717, 1.165) is 12.2 Å². The van der Waals surface area contributed by atoms with Crippen LogP contribution in [-0.2, 0) is 4.79 Å². The lowest BCUT2D eigenvalue weighted by atomic mass is 9.93. The number of fused-ring (bicyclic) bond motifs is 1. The molecule has 1 aliphatic rings. The maximum atomic E-state index is 13.0. The largest absolute Gasteiger partial charge is 0.494 e. The molecule has 0 aromatic heterocycles. The van der Waals surface area contributed by atoms with Gasteiger partial charge < -0.3 is 19.7 Å². The lowest BCUT2D eigenvalue weighted by Crippen LogP contribution is -2.42. The summed E-state index contributed by atoms with van der Waals surface area (Å²) in [5.41, 5.74) is 1.22. The topological polar surface area (TPSA) is 67.9 Å². The summed E-state index contributed by atoms with van der Waals surface area (Å²) >= 11 is 0. The molecule has 1 aliphatic heterocycles. The van der Waals surface area contributed by atoms with Gasteiger partial charge in [0.1, 0.15) is 18.1 Å². The molecule has 0 unspecified atom stereocenters. The first-order valence-corrected chi connectivity index (χ1v) is 9.98. The maximum absolute atomic E-state index is 13.0. The van der Waals surface area contributed by atoms with E-state index in [1.807, 2.05) is 27.7 Å². The van der Waals surface area contributed by atoms with Gasteiger partial charge in [-0.15, -0.1) is 0 Å². The Labute approximate surface area is 171 Å². The van der Waals surface area contributed by atoms with Crippen LogP contribution in [-0.4, -0.2) is 31.6 Å². The van der Waals surface area contributed by atoms with Crippen molar-refractivity contribution in [2.75, 3.05) is 30.0 Å². The molecule has 6 heteroatoms. The molecule has 6 nitrogen and oxygen atoms in total. The molecular weight excluding hydrogens is 368 g/mol. The van der Waals surface area contributed by atoms with Gasteiger partial charge in [0.15, 0.2) is 0 Å². The van der Waals surface area contributed by atoms with Gasteiger partial charge >= 0.3 is 0 Å². The van der Waals surface area contributed by atoms with Crippen LogP contribution in [0.2, 0.25) is 0 Å². The van der Waals surface area contributed by atoms with Crippen LogP contribution in [0.15, 0.2) is 42.5 Å². The number of carbonyl (C=O) groups is 2. The molecule has 0 fully saturated rings. The zero-order valence-corrected chi connectivity index (χ0v) is 17.5. The molecule has 2 aromatic carbocycles. The number of rotatable bonds is 6. The Kier molecular flexibility index (Phi) is 6.11. The zero-order chi connectivity index (χ0) is 21.0.